The van der Waals surface area contributed by atoms with Crippen LogP contribution in [-0.4, -0.2) is 56.3 Å². The number of morpholine rings is 1. The molecule has 1 atom stereocenters. The Bertz CT molecular complexity index is 543. The van der Waals surface area contributed by atoms with E-state index in [1.165, 1.54) is 0 Å². The highest BCUT2D eigenvalue weighted by atomic mass is 16.5. The lowest BCUT2D eigenvalue weighted by atomic mass is 10.1. The van der Waals surface area contributed by atoms with E-state index in [4.69, 9.17) is 15.2 Å². The topological polar surface area (TPSA) is 68.0 Å². The molecule has 0 saturated carbocycles. The van der Waals surface area contributed by atoms with Crippen molar-refractivity contribution in [2.24, 2.45) is 0 Å². The van der Waals surface area contributed by atoms with E-state index in [-0.39, 0.29) is 5.91 Å². The zero-order valence-electron chi connectivity index (χ0n) is 13.0. The molecule has 2 N–H and O–H groups in total. The molecule has 120 valence electrons. The predicted octanol–water partition coefficient (Wildman–Crippen LogP) is 1.10. The quantitative estimate of drug-likeness (QED) is 0.844. The van der Waals surface area contributed by atoms with Crippen molar-refractivity contribution in [2.75, 3.05) is 50.0 Å². The minimum Gasteiger partial charge on any atom is -0.478 e. The average molecular weight is 305 g/mol. The summed E-state index contributed by atoms with van der Waals surface area (Å²) in [7, 11) is 0. The Labute approximate surface area is 130 Å². The third kappa shape index (κ3) is 3.03. The largest absolute Gasteiger partial charge is 0.478 e. The van der Waals surface area contributed by atoms with Gasteiger partial charge in [0.15, 0.2) is 6.10 Å². The molecule has 1 amide bonds. The van der Waals surface area contributed by atoms with Gasteiger partial charge in [0.1, 0.15) is 5.75 Å². The van der Waals surface area contributed by atoms with Gasteiger partial charge in [0.05, 0.1) is 18.9 Å². The lowest BCUT2D eigenvalue weighted by molar-refractivity contribution is -0.126. The molecule has 1 unspecified atom stereocenters. The number of amides is 1. The molecule has 6 heteroatoms. The Morgan fingerprint density at radius 3 is 2.77 bits per heavy atom. The van der Waals surface area contributed by atoms with Crippen LogP contribution < -0.4 is 15.4 Å². The summed E-state index contributed by atoms with van der Waals surface area (Å²) in [6.07, 6.45) is 0.236. The molecule has 0 bridgehead atoms. The van der Waals surface area contributed by atoms with E-state index in [2.05, 4.69) is 4.90 Å². The zero-order valence-corrected chi connectivity index (χ0v) is 13.0. The third-order valence-electron chi connectivity index (χ3n) is 4.20. The van der Waals surface area contributed by atoms with E-state index in [9.17, 15) is 4.79 Å². The maximum Gasteiger partial charge on any atom is 0.268 e. The molecule has 0 radical (unpaired) electrons. The van der Waals surface area contributed by atoms with Gasteiger partial charge in [-0.15, -0.1) is 0 Å². The number of fused-ring (bicyclic) bond motifs is 1. The van der Waals surface area contributed by atoms with Crippen LogP contribution in [0, 0.1) is 0 Å². The van der Waals surface area contributed by atoms with Crippen molar-refractivity contribution >= 4 is 17.3 Å². The Morgan fingerprint density at radius 2 is 2.05 bits per heavy atom. The number of carbonyl (C=O) groups excluding carboxylic acids is 1. The first-order valence-electron chi connectivity index (χ1n) is 7.86. The number of benzene rings is 1. The molecule has 1 aromatic rings. The monoisotopic (exact) mass is 305 g/mol. The van der Waals surface area contributed by atoms with Crippen LogP contribution in [0.15, 0.2) is 18.2 Å². The molecular weight excluding hydrogens is 282 g/mol. The summed E-state index contributed by atoms with van der Waals surface area (Å²) in [5.41, 5.74) is 7.30. The van der Waals surface area contributed by atoms with Crippen molar-refractivity contribution in [3.63, 3.8) is 0 Å². The molecule has 1 fully saturated rings. The van der Waals surface area contributed by atoms with Crippen LogP contribution in [0.4, 0.5) is 11.4 Å². The number of ether oxygens (including phenoxy) is 2. The summed E-state index contributed by atoms with van der Waals surface area (Å²) >= 11 is 0. The summed E-state index contributed by atoms with van der Waals surface area (Å²) in [6.45, 7) is 6.84. The van der Waals surface area contributed by atoms with Crippen molar-refractivity contribution in [1.82, 2.24) is 4.90 Å². The normalized spacial score (nSPS) is 22.3. The molecule has 1 saturated heterocycles. The van der Waals surface area contributed by atoms with Gasteiger partial charge in [0, 0.05) is 37.9 Å². The van der Waals surface area contributed by atoms with Gasteiger partial charge < -0.3 is 20.1 Å². The molecule has 0 aromatic heterocycles. The lowest BCUT2D eigenvalue weighted by Gasteiger charge is -2.36. The van der Waals surface area contributed by atoms with Gasteiger partial charge in [-0.25, -0.2) is 0 Å². The minimum atomic E-state index is -0.418. The van der Waals surface area contributed by atoms with Gasteiger partial charge >= 0.3 is 0 Å². The van der Waals surface area contributed by atoms with E-state index < -0.39 is 6.10 Å². The standard InChI is InChI=1S/C16H23N3O3/c1-2-14-16(20)19(6-5-18-7-9-21-10-8-18)13-4-3-12(17)11-15(13)22-14/h3-4,11,14H,2,5-10,17H2,1H3. The number of anilines is 2. The van der Waals surface area contributed by atoms with Crippen molar-refractivity contribution in [2.45, 2.75) is 19.4 Å². The summed E-state index contributed by atoms with van der Waals surface area (Å²) < 4.78 is 11.2. The highest BCUT2D eigenvalue weighted by molar-refractivity contribution is 6.00. The van der Waals surface area contributed by atoms with Gasteiger partial charge in [0.2, 0.25) is 0 Å². The number of rotatable bonds is 4. The van der Waals surface area contributed by atoms with Gasteiger partial charge in [0.25, 0.3) is 5.91 Å². The molecule has 0 aliphatic carbocycles. The zero-order chi connectivity index (χ0) is 15.5. The first-order valence-corrected chi connectivity index (χ1v) is 7.86. The van der Waals surface area contributed by atoms with E-state index in [1.54, 1.807) is 6.07 Å². The van der Waals surface area contributed by atoms with E-state index in [0.717, 1.165) is 38.5 Å². The van der Waals surface area contributed by atoms with Crippen molar-refractivity contribution < 1.29 is 14.3 Å². The molecule has 22 heavy (non-hydrogen) atoms. The average Bonchev–Trinajstić information content (AvgIpc) is 2.54. The fourth-order valence-corrected chi connectivity index (χ4v) is 2.90. The Morgan fingerprint density at radius 1 is 1.27 bits per heavy atom. The predicted molar refractivity (Wildman–Crippen MR) is 85.2 cm³/mol. The second-order valence-electron chi connectivity index (χ2n) is 5.69. The van der Waals surface area contributed by atoms with Crippen molar-refractivity contribution in [1.29, 1.82) is 0 Å². The molecule has 2 aliphatic heterocycles. The van der Waals surface area contributed by atoms with Crippen LogP contribution in [0.25, 0.3) is 0 Å². The number of hydrogen-bond donors (Lipinski definition) is 1. The number of nitrogen functional groups attached to an aromatic ring is 1. The summed E-state index contributed by atoms with van der Waals surface area (Å²) in [6, 6.07) is 5.48. The maximum atomic E-state index is 12.6. The molecule has 2 heterocycles. The van der Waals surface area contributed by atoms with Crippen LogP contribution in [0.1, 0.15) is 13.3 Å². The molecule has 1 aromatic carbocycles. The molecule has 0 spiro atoms. The minimum absolute atomic E-state index is 0.0352. The van der Waals surface area contributed by atoms with E-state index in [1.807, 2.05) is 24.0 Å². The fraction of sp³-hybridized carbons (Fsp3) is 0.562. The van der Waals surface area contributed by atoms with E-state index in [0.29, 0.717) is 24.4 Å². The van der Waals surface area contributed by atoms with Crippen molar-refractivity contribution in [3.05, 3.63) is 18.2 Å². The van der Waals surface area contributed by atoms with Gasteiger partial charge in [-0.1, -0.05) is 6.92 Å². The second kappa shape index (κ2) is 6.54. The van der Waals surface area contributed by atoms with Gasteiger partial charge in [-0.3, -0.25) is 9.69 Å². The van der Waals surface area contributed by atoms with Crippen LogP contribution in [-0.2, 0) is 9.53 Å². The maximum absolute atomic E-state index is 12.6. The summed E-state index contributed by atoms with van der Waals surface area (Å²) in [4.78, 5) is 16.8. The second-order valence-corrected chi connectivity index (χ2v) is 5.69. The number of nitrogens with two attached hydrogens (primary N) is 1. The highest BCUT2D eigenvalue weighted by Gasteiger charge is 2.33. The Balaban J connectivity index is 1.77. The first-order chi connectivity index (χ1) is 10.7. The van der Waals surface area contributed by atoms with Crippen LogP contribution in [0.2, 0.25) is 0 Å². The smallest absolute Gasteiger partial charge is 0.268 e. The Hall–Kier alpha value is -1.79. The third-order valence-corrected chi connectivity index (χ3v) is 4.20. The van der Waals surface area contributed by atoms with E-state index >= 15 is 0 Å². The molecule has 3 rings (SSSR count). The number of carbonyl (C=O) groups is 1. The summed E-state index contributed by atoms with van der Waals surface area (Å²) in [5, 5.41) is 0. The molecule has 6 nitrogen and oxygen atoms in total. The summed E-state index contributed by atoms with van der Waals surface area (Å²) in [5.74, 6) is 0.737. The number of hydrogen-bond acceptors (Lipinski definition) is 5. The van der Waals surface area contributed by atoms with Gasteiger partial charge in [-0.05, 0) is 18.6 Å². The van der Waals surface area contributed by atoms with Crippen molar-refractivity contribution in [3.8, 4) is 5.75 Å². The highest BCUT2D eigenvalue weighted by Crippen LogP contribution is 2.36. The van der Waals surface area contributed by atoms with Crippen LogP contribution in [0.5, 0.6) is 5.75 Å². The van der Waals surface area contributed by atoms with Crippen LogP contribution >= 0.6 is 0 Å². The van der Waals surface area contributed by atoms with Gasteiger partial charge in [-0.2, -0.15) is 0 Å². The molecule has 2 aliphatic rings. The SMILES string of the molecule is CCC1Oc2cc(N)ccc2N(CCN2CCOCC2)C1=O. The number of nitrogens with zero attached hydrogens (tertiary/aromatic N) is 2. The fourth-order valence-electron chi connectivity index (χ4n) is 2.90. The van der Waals surface area contributed by atoms with Crippen LogP contribution in [0.3, 0.4) is 0 Å². The Kier molecular flexibility index (Phi) is 4.49. The molecular formula is C16H23N3O3. The first kappa shape index (κ1) is 15.1. The lowest BCUT2D eigenvalue weighted by Crippen LogP contribution is -2.49.